The molecule has 0 saturated carbocycles. The van der Waals surface area contributed by atoms with Crippen molar-refractivity contribution in [1.29, 1.82) is 0 Å². The van der Waals surface area contributed by atoms with Crippen molar-refractivity contribution in [2.45, 2.75) is 68.8 Å². The maximum Gasteiger partial charge on any atom is 0.303 e. The van der Waals surface area contributed by atoms with Gasteiger partial charge in [-0.2, -0.15) is 5.10 Å². The lowest BCUT2D eigenvalue weighted by Gasteiger charge is -2.36. The van der Waals surface area contributed by atoms with E-state index in [1.165, 1.54) is 18.1 Å². The molecule has 0 radical (unpaired) electrons. The highest BCUT2D eigenvalue weighted by molar-refractivity contribution is 7.99. The quantitative estimate of drug-likeness (QED) is 0.180. The molecule has 11 heteroatoms. The van der Waals surface area contributed by atoms with Crippen molar-refractivity contribution in [2.75, 3.05) is 11.1 Å². The molecule has 4 N–H and O–H groups in total. The lowest BCUT2D eigenvalue weighted by atomic mass is 10.0. The van der Waals surface area contributed by atoms with Crippen LogP contribution < -0.4 is 5.32 Å². The van der Waals surface area contributed by atoms with Gasteiger partial charge in [-0.15, -0.1) is 0 Å². The Labute approximate surface area is 225 Å². The summed E-state index contributed by atoms with van der Waals surface area (Å²) in [6.45, 7) is -0.0190. The van der Waals surface area contributed by atoms with E-state index in [4.69, 9.17) is 14.6 Å². The highest BCUT2D eigenvalue weighted by Gasteiger charge is 2.32. The van der Waals surface area contributed by atoms with E-state index in [-0.39, 0.29) is 31.1 Å². The molecular weight excluding hydrogens is 508 g/mol. The number of H-pyrrole nitrogens is 1. The van der Waals surface area contributed by atoms with E-state index in [0.717, 1.165) is 16.7 Å². The molecule has 0 aliphatic carbocycles. The lowest BCUT2D eigenvalue weighted by molar-refractivity contribution is -0.245. The van der Waals surface area contributed by atoms with Gasteiger partial charge in [-0.1, -0.05) is 54.6 Å². The number of carbonyl (C=O) groups excluding carboxylic acids is 1. The second kappa shape index (κ2) is 14.1. The second-order valence-electron chi connectivity index (χ2n) is 9.08. The van der Waals surface area contributed by atoms with Gasteiger partial charge in [0.15, 0.2) is 11.4 Å². The zero-order valence-electron chi connectivity index (χ0n) is 20.9. The first-order valence-corrected chi connectivity index (χ1v) is 13.6. The van der Waals surface area contributed by atoms with Gasteiger partial charge in [0.05, 0.1) is 18.8 Å². The first-order valence-electron chi connectivity index (χ1n) is 12.6. The number of nitrogens with one attached hydrogen (secondary N) is 2. The maximum atomic E-state index is 12.4. The molecule has 1 saturated heterocycles. The standard InChI is InChI=1S/C27H32N4O6S/c32-15-18-9-11-19(12-10-18)23-14-22(16-38-27-28-17-29-31-27)36-26(37-23)20-5-4-6-21(13-20)30-24(33)7-2-1-3-8-25(34)35/h4-6,9-13,17,22-23,26,32H,1-3,7-8,14-16H2,(H,30,33)(H,34,35)(H,28,29,31)/t22-,23+,26+/m1/s1. The summed E-state index contributed by atoms with van der Waals surface area (Å²) in [5.74, 6) is -0.286. The highest BCUT2D eigenvalue weighted by atomic mass is 32.2. The number of aromatic nitrogens is 3. The van der Waals surface area contributed by atoms with Crippen molar-refractivity contribution < 1.29 is 29.3 Å². The molecule has 0 unspecified atom stereocenters. The van der Waals surface area contributed by atoms with Gasteiger partial charge < -0.3 is 25.0 Å². The van der Waals surface area contributed by atoms with Crippen molar-refractivity contribution in [3.63, 3.8) is 0 Å². The van der Waals surface area contributed by atoms with Crippen molar-refractivity contribution in [3.8, 4) is 0 Å². The second-order valence-corrected chi connectivity index (χ2v) is 10.1. The number of hydrogen-bond acceptors (Lipinski definition) is 8. The fraction of sp³-hybridized carbons (Fsp3) is 0.407. The Kier molecular flexibility index (Phi) is 10.3. The minimum Gasteiger partial charge on any atom is -0.481 e. The summed E-state index contributed by atoms with van der Waals surface area (Å²) < 4.78 is 12.7. The lowest BCUT2D eigenvalue weighted by Crippen LogP contribution is -2.31. The summed E-state index contributed by atoms with van der Waals surface area (Å²) in [5.41, 5.74) is 3.26. The normalized spacial score (nSPS) is 19.2. The molecule has 4 rings (SSSR count). The van der Waals surface area contributed by atoms with Gasteiger partial charge in [-0.05, 0) is 36.1 Å². The topological polar surface area (TPSA) is 147 Å². The number of anilines is 1. The van der Waals surface area contributed by atoms with Crippen LogP contribution in [0.1, 0.15) is 67.6 Å². The van der Waals surface area contributed by atoms with Crippen LogP contribution >= 0.6 is 11.8 Å². The third kappa shape index (κ3) is 8.38. The van der Waals surface area contributed by atoms with E-state index in [9.17, 15) is 14.7 Å². The van der Waals surface area contributed by atoms with Gasteiger partial charge in [-0.25, -0.2) is 4.98 Å². The number of ether oxygens (including phenoxy) is 2. The van der Waals surface area contributed by atoms with Crippen molar-refractivity contribution >= 4 is 29.3 Å². The molecule has 1 amide bonds. The van der Waals surface area contributed by atoms with E-state index < -0.39 is 12.3 Å². The van der Waals surface area contributed by atoms with Gasteiger partial charge in [0.1, 0.15) is 6.33 Å². The van der Waals surface area contributed by atoms with Crippen molar-refractivity contribution in [3.05, 3.63) is 71.5 Å². The number of unbranched alkanes of at least 4 members (excludes halogenated alkanes) is 2. The maximum absolute atomic E-state index is 12.4. The van der Waals surface area contributed by atoms with Crippen LogP contribution in [0.25, 0.3) is 0 Å². The van der Waals surface area contributed by atoms with Crippen LogP contribution in [0.5, 0.6) is 0 Å². The van der Waals surface area contributed by atoms with Gasteiger partial charge in [0.2, 0.25) is 5.91 Å². The molecule has 38 heavy (non-hydrogen) atoms. The highest BCUT2D eigenvalue weighted by Crippen LogP contribution is 2.39. The number of aliphatic hydroxyl groups is 1. The van der Waals surface area contributed by atoms with E-state index in [1.807, 2.05) is 48.5 Å². The third-order valence-corrected chi connectivity index (χ3v) is 7.16. The van der Waals surface area contributed by atoms with Crippen LogP contribution in [-0.2, 0) is 25.7 Å². The molecule has 0 spiro atoms. The minimum atomic E-state index is -0.818. The Hall–Kier alpha value is -3.25. The number of thioether (sulfide) groups is 1. The summed E-state index contributed by atoms with van der Waals surface area (Å²) in [7, 11) is 0. The molecule has 2 aromatic carbocycles. The van der Waals surface area contributed by atoms with Crippen LogP contribution in [0.3, 0.4) is 0 Å². The van der Waals surface area contributed by atoms with Crippen molar-refractivity contribution in [2.24, 2.45) is 0 Å². The van der Waals surface area contributed by atoms with E-state index >= 15 is 0 Å². The summed E-state index contributed by atoms with van der Waals surface area (Å²) in [6, 6.07) is 15.1. The molecular formula is C27H32N4O6S. The van der Waals surface area contributed by atoms with Crippen LogP contribution in [0, 0.1) is 0 Å². The first-order chi connectivity index (χ1) is 18.5. The molecule has 1 aliphatic heterocycles. The number of aliphatic carboxylic acids is 1. The average Bonchev–Trinajstić information content (AvgIpc) is 3.45. The molecule has 0 bridgehead atoms. The Morgan fingerprint density at radius 2 is 1.87 bits per heavy atom. The molecule has 3 atom stereocenters. The van der Waals surface area contributed by atoms with Crippen LogP contribution in [0.4, 0.5) is 5.69 Å². The number of hydrogen-bond donors (Lipinski definition) is 4. The Morgan fingerprint density at radius 3 is 2.61 bits per heavy atom. The SMILES string of the molecule is O=C(O)CCCCCC(=O)Nc1cccc([C@H]2O[C@@H](CSc3ncn[nH]3)C[C@@H](c3ccc(CO)cc3)O2)c1. The number of rotatable bonds is 13. The summed E-state index contributed by atoms with van der Waals surface area (Å²) in [5, 5.41) is 28.5. The molecule has 202 valence electrons. The van der Waals surface area contributed by atoms with E-state index in [1.54, 1.807) is 0 Å². The largest absolute Gasteiger partial charge is 0.481 e. The molecule has 1 fully saturated rings. The number of nitrogens with zero attached hydrogens (tertiary/aromatic N) is 2. The number of carboxylic acid groups (broad SMARTS) is 1. The Morgan fingerprint density at radius 1 is 1.05 bits per heavy atom. The van der Waals surface area contributed by atoms with Gasteiger partial charge >= 0.3 is 5.97 Å². The third-order valence-electron chi connectivity index (χ3n) is 6.15. The predicted molar refractivity (Wildman–Crippen MR) is 141 cm³/mol. The minimum absolute atomic E-state index is 0.0190. The van der Waals surface area contributed by atoms with Gasteiger partial charge in [0.25, 0.3) is 0 Å². The fourth-order valence-electron chi connectivity index (χ4n) is 4.18. The number of benzene rings is 2. The molecule has 10 nitrogen and oxygen atoms in total. The van der Waals surface area contributed by atoms with E-state index in [0.29, 0.717) is 48.7 Å². The van der Waals surface area contributed by atoms with Gasteiger partial charge in [0, 0.05) is 36.3 Å². The van der Waals surface area contributed by atoms with Crippen LogP contribution in [0.15, 0.2) is 60.0 Å². The smallest absolute Gasteiger partial charge is 0.303 e. The average molecular weight is 541 g/mol. The molecule has 2 heterocycles. The zero-order chi connectivity index (χ0) is 26.7. The number of aromatic amines is 1. The summed E-state index contributed by atoms with van der Waals surface area (Å²) in [6.07, 6.45) is 3.47. The Bertz CT molecular complexity index is 1170. The van der Waals surface area contributed by atoms with Crippen LogP contribution in [0.2, 0.25) is 0 Å². The van der Waals surface area contributed by atoms with Crippen molar-refractivity contribution in [1.82, 2.24) is 15.2 Å². The predicted octanol–water partition coefficient (Wildman–Crippen LogP) is 4.61. The van der Waals surface area contributed by atoms with Gasteiger partial charge in [-0.3, -0.25) is 14.7 Å². The Balaban J connectivity index is 1.41. The number of carbonyl (C=O) groups is 2. The molecule has 3 aromatic rings. The number of amides is 1. The fourth-order valence-corrected chi connectivity index (χ4v) is 4.98. The van der Waals surface area contributed by atoms with Crippen LogP contribution in [-0.4, -0.2) is 49.1 Å². The number of carboxylic acids is 1. The number of aliphatic hydroxyl groups excluding tert-OH is 1. The first kappa shape index (κ1) is 27.8. The summed E-state index contributed by atoms with van der Waals surface area (Å²) >= 11 is 1.53. The zero-order valence-corrected chi connectivity index (χ0v) is 21.7. The molecule has 1 aromatic heterocycles. The molecule has 1 aliphatic rings. The van der Waals surface area contributed by atoms with E-state index in [2.05, 4.69) is 20.5 Å². The summed E-state index contributed by atoms with van der Waals surface area (Å²) in [4.78, 5) is 27.2. The monoisotopic (exact) mass is 540 g/mol.